The molecule has 1 unspecified atom stereocenters. The second kappa shape index (κ2) is 6.15. The van der Waals surface area contributed by atoms with Gasteiger partial charge in [0.05, 0.1) is 5.69 Å². The van der Waals surface area contributed by atoms with Gasteiger partial charge in [0.25, 0.3) is 0 Å². The monoisotopic (exact) mass is 325 g/mol. The lowest BCUT2D eigenvalue weighted by atomic mass is 10.1. The first kappa shape index (κ1) is 14.0. The molecule has 0 fully saturated rings. The van der Waals surface area contributed by atoms with Crippen molar-refractivity contribution in [1.29, 1.82) is 0 Å². The molecule has 1 atom stereocenters. The van der Waals surface area contributed by atoms with E-state index in [1.165, 1.54) is 12.1 Å². The van der Waals surface area contributed by atoms with Crippen LogP contribution in [0, 0.1) is 11.6 Å². The van der Waals surface area contributed by atoms with E-state index in [9.17, 15) is 8.78 Å². The third-order valence-corrected chi connectivity index (χ3v) is 3.31. The Kier molecular flexibility index (Phi) is 4.53. The minimum atomic E-state index is -0.324. The molecule has 1 nitrogen and oxygen atoms in total. The number of benzene rings is 2. The lowest BCUT2D eigenvalue weighted by Crippen LogP contribution is -2.19. The maximum atomic E-state index is 13.7. The molecular formula is C15H14BrF2N. The number of hydrogen-bond acceptors (Lipinski definition) is 1. The summed E-state index contributed by atoms with van der Waals surface area (Å²) in [6.07, 6.45) is 0.502. The Bertz CT molecular complexity index is 572. The van der Waals surface area contributed by atoms with Crippen molar-refractivity contribution >= 4 is 21.6 Å². The summed E-state index contributed by atoms with van der Waals surface area (Å²) < 4.78 is 27.9. The van der Waals surface area contributed by atoms with Crippen LogP contribution in [0.4, 0.5) is 14.5 Å². The largest absolute Gasteiger partial charge is 0.380 e. The smallest absolute Gasteiger partial charge is 0.147 e. The van der Waals surface area contributed by atoms with Crippen LogP contribution in [0.25, 0.3) is 0 Å². The van der Waals surface area contributed by atoms with E-state index in [0.717, 1.165) is 0 Å². The number of rotatable bonds is 4. The van der Waals surface area contributed by atoms with Gasteiger partial charge in [-0.05, 0) is 43.2 Å². The second-order valence-corrected chi connectivity index (χ2v) is 5.38. The minimum absolute atomic E-state index is 0.0624. The summed E-state index contributed by atoms with van der Waals surface area (Å²) in [5.74, 6) is -0.554. The highest BCUT2D eigenvalue weighted by Crippen LogP contribution is 2.21. The molecule has 0 amide bonds. The third-order valence-electron chi connectivity index (χ3n) is 2.82. The average Bonchev–Trinajstić information content (AvgIpc) is 2.36. The van der Waals surface area contributed by atoms with E-state index in [1.807, 2.05) is 6.92 Å². The van der Waals surface area contributed by atoms with Gasteiger partial charge >= 0.3 is 0 Å². The van der Waals surface area contributed by atoms with Crippen molar-refractivity contribution in [3.63, 3.8) is 0 Å². The maximum Gasteiger partial charge on any atom is 0.147 e. The molecule has 2 aromatic rings. The molecule has 19 heavy (non-hydrogen) atoms. The Balaban J connectivity index is 2.05. The molecule has 0 aromatic heterocycles. The fourth-order valence-electron chi connectivity index (χ4n) is 1.92. The van der Waals surface area contributed by atoms with Gasteiger partial charge in [0.2, 0.25) is 0 Å². The molecular weight excluding hydrogens is 312 g/mol. The summed E-state index contributed by atoms with van der Waals surface area (Å²) >= 11 is 3.21. The highest BCUT2D eigenvalue weighted by atomic mass is 79.9. The van der Waals surface area contributed by atoms with E-state index < -0.39 is 0 Å². The summed E-state index contributed by atoms with van der Waals surface area (Å²) in [4.78, 5) is 0. The SMILES string of the molecule is CC(Cc1ccccc1F)Nc1ccc(Br)cc1F. The quantitative estimate of drug-likeness (QED) is 0.853. The lowest BCUT2D eigenvalue weighted by Gasteiger charge is -2.16. The molecule has 0 aliphatic heterocycles. The Morgan fingerprint density at radius 3 is 2.53 bits per heavy atom. The number of anilines is 1. The molecule has 0 spiro atoms. The van der Waals surface area contributed by atoms with Crippen LogP contribution in [0.5, 0.6) is 0 Å². The van der Waals surface area contributed by atoms with Crippen LogP contribution >= 0.6 is 15.9 Å². The van der Waals surface area contributed by atoms with E-state index in [2.05, 4.69) is 21.2 Å². The number of hydrogen-bond donors (Lipinski definition) is 1. The molecule has 0 radical (unpaired) electrons. The van der Waals surface area contributed by atoms with Crippen LogP contribution in [-0.4, -0.2) is 6.04 Å². The van der Waals surface area contributed by atoms with Gasteiger partial charge in [-0.2, -0.15) is 0 Å². The lowest BCUT2D eigenvalue weighted by molar-refractivity contribution is 0.598. The van der Waals surface area contributed by atoms with Crippen molar-refractivity contribution in [2.75, 3.05) is 5.32 Å². The average molecular weight is 326 g/mol. The van der Waals surface area contributed by atoms with Crippen molar-refractivity contribution in [2.24, 2.45) is 0 Å². The highest BCUT2D eigenvalue weighted by Gasteiger charge is 2.09. The summed E-state index contributed by atoms with van der Waals surface area (Å²) in [7, 11) is 0. The predicted octanol–water partition coefficient (Wildman–Crippen LogP) is 4.77. The van der Waals surface area contributed by atoms with Crippen molar-refractivity contribution in [2.45, 2.75) is 19.4 Å². The first-order valence-corrected chi connectivity index (χ1v) is 6.80. The van der Waals surface area contributed by atoms with Crippen LogP contribution in [0.2, 0.25) is 0 Å². The predicted molar refractivity (Wildman–Crippen MR) is 77.3 cm³/mol. The molecule has 1 N–H and O–H groups in total. The topological polar surface area (TPSA) is 12.0 Å². The summed E-state index contributed by atoms with van der Waals surface area (Å²) in [6.45, 7) is 1.90. The van der Waals surface area contributed by atoms with Gasteiger partial charge in [0, 0.05) is 10.5 Å². The summed E-state index contributed by atoms with van der Waals surface area (Å²) in [5.41, 5.74) is 1.05. The fourth-order valence-corrected chi connectivity index (χ4v) is 2.25. The third kappa shape index (κ3) is 3.77. The van der Waals surface area contributed by atoms with Crippen molar-refractivity contribution in [3.8, 4) is 0 Å². The van der Waals surface area contributed by atoms with Crippen molar-refractivity contribution in [3.05, 3.63) is 64.1 Å². The van der Waals surface area contributed by atoms with Crippen molar-refractivity contribution < 1.29 is 8.78 Å². The van der Waals surface area contributed by atoms with Gasteiger partial charge in [-0.25, -0.2) is 8.78 Å². The molecule has 2 rings (SSSR count). The van der Waals surface area contributed by atoms with Gasteiger partial charge in [-0.3, -0.25) is 0 Å². The molecule has 0 aliphatic carbocycles. The normalized spacial score (nSPS) is 12.2. The fraction of sp³-hybridized carbons (Fsp3) is 0.200. The highest BCUT2D eigenvalue weighted by molar-refractivity contribution is 9.10. The van der Waals surface area contributed by atoms with E-state index in [4.69, 9.17) is 0 Å². The van der Waals surface area contributed by atoms with Crippen LogP contribution in [0.15, 0.2) is 46.9 Å². The van der Waals surface area contributed by atoms with Gasteiger partial charge in [0.1, 0.15) is 11.6 Å². The Hall–Kier alpha value is -1.42. The number of nitrogens with one attached hydrogen (secondary N) is 1. The zero-order valence-electron chi connectivity index (χ0n) is 10.5. The molecule has 0 saturated carbocycles. The van der Waals surface area contributed by atoms with Crippen molar-refractivity contribution in [1.82, 2.24) is 0 Å². The molecule has 0 aliphatic rings. The summed E-state index contributed by atoms with van der Waals surface area (Å²) in [5, 5.41) is 3.05. The standard InChI is InChI=1S/C15H14BrF2N/c1-10(8-11-4-2-3-5-13(11)17)19-15-7-6-12(16)9-14(15)18/h2-7,9-10,19H,8H2,1H3. The Labute approximate surface area is 119 Å². The maximum absolute atomic E-state index is 13.7. The molecule has 4 heteroatoms. The first-order chi connectivity index (χ1) is 9.06. The Morgan fingerprint density at radius 2 is 1.84 bits per heavy atom. The van der Waals surface area contributed by atoms with Crippen LogP contribution in [0.1, 0.15) is 12.5 Å². The zero-order valence-corrected chi connectivity index (χ0v) is 12.0. The zero-order chi connectivity index (χ0) is 13.8. The number of halogens is 3. The molecule has 0 bridgehead atoms. The van der Waals surface area contributed by atoms with Gasteiger partial charge in [-0.15, -0.1) is 0 Å². The molecule has 100 valence electrons. The summed E-state index contributed by atoms with van der Waals surface area (Å²) in [6, 6.07) is 11.4. The van der Waals surface area contributed by atoms with E-state index >= 15 is 0 Å². The van der Waals surface area contributed by atoms with E-state index in [0.29, 0.717) is 22.1 Å². The van der Waals surface area contributed by atoms with Crippen LogP contribution in [-0.2, 0) is 6.42 Å². The first-order valence-electron chi connectivity index (χ1n) is 6.01. The van der Waals surface area contributed by atoms with Gasteiger partial charge in [0.15, 0.2) is 0 Å². The molecule has 2 aromatic carbocycles. The van der Waals surface area contributed by atoms with Crippen LogP contribution < -0.4 is 5.32 Å². The minimum Gasteiger partial charge on any atom is -0.380 e. The van der Waals surface area contributed by atoms with Crippen LogP contribution in [0.3, 0.4) is 0 Å². The van der Waals surface area contributed by atoms with E-state index in [1.54, 1.807) is 30.3 Å². The molecule has 0 heterocycles. The van der Waals surface area contributed by atoms with E-state index in [-0.39, 0.29) is 17.7 Å². The molecule has 0 saturated heterocycles. The van der Waals surface area contributed by atoms with Gasteiger partial charge < -0.3 is 5.32 Å². The second-order valence-electron chi connectivity index (χ2n) is 4.47. The Morgan fingerprint density at radius 1 is 1.11 bits per heavy atom. The van der Waals surface area contributed by atoms with Gasteiger partial charge in [-0.1, -0.05) is 34.1 Å².